The Morgan fingerprint density at radius 2 is 1.75 bits per heavy atom. The Balaban J connectivity index is 1.69. The number of thiocarbonyl (C=S) groups is 1. The molecule has 5 heteroatoms. The van der Waals surface area contributed by atoms with Gasteiger partial charge in [0.05, 0.1) is 6.04 Å². The zero-order valence-corrected chi connectivity index (χ0v) is 17.2. The standard InChI is InChI=1S/C23H26N4S/c1-3-17-7-5-8-18(4-2)21(17)25-23(28)27-16-15-26-14-6-9-20(26)22(27)19-10-12-24-13-11-19/h5-14,22H,3-4,15-16H2,1-2H3,(H,25,28)/t22-/m1/s1. The largest absolute Gasteiger partial charge is 0.348 e. The maximum atomic E-state index is 5.94. The van der Waals surface area contributed by atoms with E-state index >= 15 is 0 Å². The summed E-state index contributed by atoms with van der Waals surface area (Å²) in [6.07, 6.45) is 7.82. The van der Waals surface area contributed by atoms with Crippen molar-refractivity contribution in [1.82, 2.24) is 14.5 Å². The lowest BCUT2D eigenvalue weighted by Crippen LogP contribution is -2.44. The summed E-state index contributed by atoms with van der Waals surface area (Å²) in [6, 6.07) is 15.1. The first-order chi connectivity index (χ1) is 13.7. The zero-order valence-electron chi connectivity index (χ0n) is 16.4. The number of nitrogens with zero attached hydrogens (tertiary/aromatic N) is 3. The average molecular weight is 391 g/mol. The van der Waals surface area contributed by atoms with Crippen molar-refractivity contribution in [2.24, 2.45) is 0 Å². The van der Waals surface area contributed by atoms with E-state index in [0.717, 1.165) is 31.0 Å². The number of benzene rings is 1. The molecule has 0 saturated carbocycles. The fourth-order valence-electron chi connectivity index (χ4n) is 4.08. The van der Waals surface area contributed by atoms with E-state index in [0.29, 0.717) is 0 Å². The number of fused-ring (bicyclic) bond motifs is 1. The minimum absolute atomic E-state index is 0.0885. The second-order valence-corrected chi connectivity index (χ2v) is 7.48. The van der Waals surface area contributed by atoms with Crippen LogP contribution in [0.15, 0.2) is 61.1 Å². The van der Waals surface area contributed by atoms with Gasteiger partial charge in [0.2, 0.25) is 0 Å². The van der Waals surface area contributed by atoms with Crippen LogP contribution >= 0.6 is 12.2 Å². The van der Waals surface area contributed by atoms with Crippen molar-refractivity contribution in [3.63, 3.8) is 0 Å². The molecule has 0 saturated heterocycles. The number of aromatic nitrogens is 2. The number of pyridine rings is 1. The van der Waals surface area contributed by atoms with Crippen molar-refractivity contribution in [3.05, 3.63) is 83.4 Å². The molecule has 4 rings (SSSR count). The van der Waals surface area contributed by atoms with Crippen LogP contribution in [0, 0.1) is 0 Å². The van der Waals surface area contributed by atoms with Gasteiger partial charge in [0.1, 0.15) is 0 Å². The van der Waals surface area contributed by atoms with Crippen molar-refractivity contribution in [2.75, 3.05) is 11.9 Å². The Hall–Kier alpha value is -2.66. The lowest BCUT2D eigenvalue weighted by atomic mass is 10.0. The SMILES string of the molecule is CCc1cccc(CC)c1NC(=S)N1CCn2cccc2[C@H]1c1ccncc1. The van der Waals surface area contributed by atoms with Crippen molar-refractivity contribution in [2.45, 2.75) is 39.3 Å². The van der Waals surface area contributed by atoms with E-state index in [9.17, 15) is 0 Å². The molecule has 0 radical (unpaired) electrons. The molecule has 3 heterocycles. The van der Waals surface area contributed by atoms with Gasteiger partial charge in [-0.1, -0.05) is 32.0 Å². The maximum Gasteiger partial charge on any atom is 0.174 e. The molecule has 28 heavy (non-hydrogen) atoms. The predicted molar refractivity (Wildman–Crippen MR) is 119 cm³/mol. The second kappa shape index (κ2) is 8.15. The van der Waals surface area contributed by atoms with Crippen LogP contribution in [0.5, 0.6) is 0 Å². The summed E-state index contributed by atoms with van der Waals surface area (Å²) < 4.78 is 2.32. The molecule has 4 nitrogen and oxygen atoms in total. The van der Waals surface area contributed by atoms with E-state index in [1.165, 1.54) is 28.1 Å². The number of nitrogens with one attached hydrogen (secondary N) is 1. The number of para-hydroxylation sites is 1. The fraction of sp³-hybridized carbons (Fsp3) is 0.304. The molecule has 0 amide bonds. The van der Waals surface area contributed by atoms with E-state index in [1.54, 1.807) is 0 Å². The highest BCUT2D eigenvalue weighted by molar-refractivity contribution is 7.80. The minimum atomic E-state index is 0.0885. The van der Waals surface area contributed by atoms with Crippen LogP contribution in [0.25, 0.3) is 0 Å². The molecule has 0 aliphatic carbocycles. The van der Waals surface area contributed by atoms with Crippen LogP contribution in [-0.4, -0.2) is 26.1 Å². The van der Waals surface area contributed by atoms with Gasteiger partial charge in [0, 0.05) is 43.1 Å². The highest BCUT2D eigenvalue weighted by atomic mass is 32.1. The summed E-state index contributed by atoms with van der Waals surface area (Å²) >= 11 is 5.94. The lowest BCUT2D eigenvalue weighted by Gasteiger charge is -2.39. The first-order valence-corrected chi connectivity index (χ1v) is 10.4. The van der Waals surface area contributed by atoms with Gasteiger partial charge in [0.15, 0.2) is 5.11 Å². The minimum Gasteiger partial charge on any atom is -0.348 e. The number of aryl methyl sites for hydroxylation is 2. The molecule has 0 bridgehead atoms. The van der Waals surface area contributed by atoms with E-state index in [1.807, 2.05) is 12.4 Å². The van der Waals surface area contributed by atoms with Gasteiger partial charge in [-0.25, -0.2) is 0 Å². The van der Waals surface area contributed by atoms with Gasteiger partial charge in [-0.05, 0) is 66.0 Å². The molecule has 2 aromatic heterocycles. The smallest absolute Gasteiger partial charge is 0.174 e. The molecule has 144 valence electrons. The fourth-order valence-corrected chi connectivity index (χ4v) is 4.38. The molecule has 1 aliphatic rings. The molecule has 1 aromatic carbocycles. The molecule has 1 N–H and O–H groups in total. The third-order valence-corrected chi connectivity index (χ3v) is 5.89. The molecular weight excluding hydrogens is 364 g/mol. The summed E-state index contributed by atoms with van der Waals surface area (Å²) in [4.78, 5) is 6.50. The monoisotopic (exact) mass is 390 g/mol. The first kappa shape index (κ1) is 18.7. The maximum absolute atomic E-state index is 5.94. The third kappa shape index (κ3) is 3.42. The molecule has 3 aromatic rings. The summed E-state index contributed by atoms with van der Waals surface area (Å²) in [5.74, 6) is 0. The van der Waals surface area contributed by atoms with Crippen LogP contribution in [0.4, 0.5) is 5.69 Å². The normalized spacial score (nSPS) is 15.9. The van der Waals surface area contributed by atoms with Crippen LogP contribution in [0.3, 0.4) is 0 Å². The zero-order chi connectivity index (χ0) is 19.5. The van der Waals surface area contributed by atoms with Crippen LogP contribution < -0.4 is 5.32 Å². The summed E-state index contributed by atoms with van der Waals surface area (Å²) in [5.41, 5.74) is 6.26. The van der Waals surface area contributed by atoms with Crippen molar-refractivity contribution < 1.29 is 0 Å². The predicted octanol–water partition coefficient (Wildman–Crippen LogP) is 4.81. The molecule has 0 fully saturated rings. The average Bonchev–Trinajstić information content (AvgIpc) is 3.22. The highest BCUT2D eigenvalue weighted by Crippen LogP contribution is 2.33. The van der Waals surface area contributed by atoms with Crippen molar-refractivity contribution in [1.29, 1.82) is 0 Å². The summed E-state index contributed by atoms with van der Waals surface area (Å²) in [6.45, 7) is 6.19. The molecule has 0 spiro atoms. The molecule has 1 atom stereocenters. The van der Waals surface area contributed by atoms with Gasteiger partial charge >= 0.3 is 0 Å². The van der Waals surface area contributed by atoms with Crippen LogP contribution in [0.2, 0.25) is 0 Å². The number of hydrogen-bond donors (Lipinski definition) is 1. The lowest BCUT2D eigenvalue weighted by molar-refractivity contribution is 0.293. The van der Waals surface area contributed by atoms with E-state index in [2.05, 4.69) is 82.3 Å². The van der Waals surface area contributed by atoms with Gasteiger partial charge in [-0.2, -0.15) is 0 Å². The Kier molecular flexibility index (Phi) is 5.44. The van der Waals surface area contributed by atoms with Gasteiger partial charge in [0.25, 0.3) is 0 Å². The summed E-state index contributed by atoms with van der Waals surface area (Å²) in [7, 11) is 0. The van der Waals surface area contributed by atoms with Gasteiger partial charge < -0.3 is 14.8 Å². The second-order valence-electron chi connectivity index (χ2n) is 7.09. The van der Waals surface area contributed by atoms with Gasteiger partial charge in [-0.15, -0.1) is 0 Å². The topological polar surface area (TPSA) is 33.1 Å². The Bertz CT molecular complexity index is 941. The van der Waals surface area contributed by atoms with E-state index < -0.39 is 0 Å². The summed E-state index contributed by atoms with van der Waals surface area (Å²) in [5, 5.41) is 4.39. The van der Waals surface area contributed by atoms with Gasteiger partial charge in [-0.3, -0.25) is 4.98 Å². The first-order valence-electron chi connectivity index (χ1n) is 9.96. The van der Waals surface area contributed by atoms with E-state index in [4.69, 9.17) is 12.2 Å². The Morgan fingerprint density at radius 3 is 2.43 bits per heavy atom. The Morgan fingerprint density at radius 1 is 1.04 bits per heavy atom. The molecular formula is C23H26N4S. The highest BCUT2D eigenvalue weighted by Gasteiger charge is 2.30. The van der Waals surface area contributed by atoms with E-state index in [-0.39, 0.29) is 6.04 Å². The van der Waals surface area contributed by atoms with Crippen LogP contribution in [0.1, 0.15) is 42.3 Å². The third-order valence-electron chi connectivity index (χ3n) is 5.55. The van der Waals surface area contributed by atoms with Crippen molar-refractivity contribution in [3.8, 4) is 0 Å². The van der Waals surface area contributed by atoms with Crippen molar-refractivity contribution >= 4 is 23.0 Å². The molecule has 0 unspecified atom stereocenters. The number of rotatable bonds is 4. The molecule has 1 aliphatic heterocycles. The quantitative estimate of drug-likeness (QED) is 0.648. The Labute approximate surface area is 172 Å². The number of hydrogen-bond acceptors (Lipinski definition) is 2. The van der Waals surface area contributed by atoms with Crippen LogP contribution in [-0.2, 0) is 19.4 Å². The number of anilines is 1.